The fourth-order valence-corrected chi connectivity index (χ4v) is 6.84. The summed E-state index contributed by atoms with van der Waals surface area (Å²) in [5.74, 6) is -2.78. The number of carboxylic acid groups (broad SMARTS) is 2. The summed E-state index contributed by atoms with van der Waals surface area (Å²) in [5.41, 5.74) is 0.361. The fourth-order valence-electron chi connectivity index (χ4n) is 6.84. The smallest absolute Gasteiger partial charge is 0.414 e. The highest BCUT2D eigenvalue weighted by Gasteiger charge is 2.50. The number of halogens is 1. The second-order valence-electron chi connectivity index (χ2n) is 14.0. The lowest BCUT2D eigenvalue weighted by Gasteiger charge is -2.53. The summed E-state index contributed by atoms with van der Waals surface area (Å²) >= 11 is 0. The molecular formula is C35H54FN7O7. The SMILES string of the molecule is CCN(C(=O)c1cc(F)ccc1Oc1nncnc1N1CCC2(C1)CN(C(CCCN(C)CC(C)OC)C(C)C)C2)C(C)C.O=C(O)C(=O)O. The van der Waals surface area contributed by atoms with Gasteiger partial charge in [0.15, 0.2) is 5.82 Å². The van der Waals surface area contributed by atoms with Crippen LogP contribution in [0.3, 0.4) is 0 Å². The Balaban J connectivity index is 0.00000103. The monoisotopic (exact) mass is 703 g/mol. The third kappa shape index (κ3) is 10.8. The topological polar surface area (TPSA) is 162 Å². The molecule has 2 aliphatic rings. The van der Waals surface area contributed by atoms with Crippen LogP contribution in [0.25, 0.3) is 0 Å². The quantitative estimate of drug-likeness (QED) is 0.255. The second kappa shape index (κ2) is 18.3. The van der Waals surface area contributed by atoms with Crippen molar-refractivity contribution >= 4 is 23.7 Å². The molecule has 2 N–H and O–H groups in total. The van der Waals surface area contributed by atoms with Gasteiger partial charge >= 0.3 is 11.9 Å². The predicted octanol–water partition coefficient (Wildman–Crippen LogP) is 4.11. The lowest BCUT2D eigenvalue weighted by atomic mass is 9.76. The Morgan fingerprint density at radius 1 is 1.08 bits per heavy atom. The zero-order valence-electron chi connectivity index (χ0n) is 30.6. The van der Waals surface area contributed by atoms with Crippen LogP contribution in [-0.4, -0.2) is 136 Å². The van der Waals surface area contributed by atoms with Gasteiger partial charge < -0.3 is 34.4 Å². The van der Waals surface area contributed by atoms with Gasteiger partial charge in [0.1, 0.15) is 17.9 Å². The van der Waals surface area contributed by atoms with Crippen LogP contribution in [-0.2, 0) is 14.3 Å². The zero-order chi connectivity index (χ0) is 37.2. The van der Waals surface area contributed by atoms with Gasteiger partial charge in [0.25, 0.3) is 11.8 Å². The highest BCUT2D eigenvalue weighted by molar-refractivity contribution is 6.27. The van der Waals surface area contributed by atoms with Crippen LogP contribution in [0.4, 0.5) is 10.2 Å². The van der Waals surface area contributed by atoms with Gasteiger partial charge in [-0.1, -0.05) is 13.8 Å². The van der Waals surface area contributed by atoms with Gasteiger partial charge in [-0.3, -0.25) is 9.69 Å². The predicted molar refractivity (Wildman–Crippen MR) is 186 cm³/mol. The number of carbonyl (C=O) groups is 3. The molecule has 2 atom stereocenters. The number of nitrogens with zero attached hydrogens (tertiary/aromatic N) is 7. The van der Waals surface area contributed by atoms with Crippen LogP contribution < -0.4 is 9.64 Å². The van der Waals surface area contributed by atoms with Crippen LogP contribution >= 0.6 is 0 Å². The third-order valence-corrected chi connectivity index (χ3v) is 9.42. The summed E-state index contributed by atoms with van der Waals surface area (Å²) < 4.78 is 25.9. The third-order valence-electron chi connectivity index (χ3n) is 9.42. The summed E-state index contributed by atoms with van der Waals surface area (Å²) in [6.45, 7) is 18.9. The van der Waals surface area contributed by atoms with Gasteiger partial charge in [-0.15, -0.1) is 10.2 Å². The minimum Gasteiger partial charge on any atom is -0.473 e. The Hall–Kier alpha value is -3.95. The van der Waals surface area contributed by atoms with Crippen LogP contribution in [0.2, 0.25) is 0 Å². The van der Waals surface area contributed by atoms with Gasteiger partial charge in [0, 0.05) is 63.9 Å². The molecule has 2 aliphatic heterocycles. The van der Waals surface area contributed by atoms with E-state index in [2.05, 4.69) is 57.7 Å². The zero-order valence-corrected chi connectivity index (χ0v) is 30.6. The Morgan fingerprint density at radius 3 is 2.34 bits per heavy atom. The molecule has 2 aromatic rings. The van der Waals surface area contributed by atoms with Crippen LogP contribution in [0.15, 0.2) is 24.5 Å². The number of ether oxygens (including phenoxy) is 2. The highest BCUT2D eigenvalue weighted by Crippen LogP contribution is 2.44. The van der Waals surface area contributed by atoms with Crippen molar-refractivity contribution in [1.82, 2.24) is 29.9 Å². The molecule has 2 saturated heterocycles. The minimum absolute atomic E-state index is 0.0402. The van der Waals surface area contributed by atoms with E-state index >= 15 is 0 Å². The summed E-state index contributed by atoms with van der Waals surface area (Å²) in [5, 5.41) is 23.0. The molecule has 1 amide bonds. The van der Waals surface area contributed by atoms with Crippen molar-refractivity contribution in [3.8, 4) is 11.6 Å². The summed E-state index contributed by atoms with van der Waals surface area (Å²) in [6.07, 6.45) is 5.08. The molecule has 1 spiro atoms. The van der Waals surface area contributed by atoms with Gasteiger partial charge in [-0.05, 0) is 84.7 Å². The van der Waals surface area contributed by atoms with E-state index < -0.39 is 17.8 Å². The molecule has 1 aromatic carbocycles. The van der Waals surface area contributed by atoms with E-state index in [9.17, 15) is 9.18 Å². The maximum absolute atomic E-state index is 14.3. The van der Waals surface area contributed by atoms with Crippen molar-refractivity contribution in [3.05, 3.63) is 35.9 Å². The standard InChI is InChI=1S/C33H52FN7O3.C2H2O4/c1-9-41(24(4)5)32(42)27-17-26(34)12-13-29(27)44-31-30(35-22-36-37-31)39-16-14-33(19-39)20-40(21-33)28(23(2)3)11-10-15-38(7)18-25(6)43-8;3-1(4)2(5)6/h12-13,17,22-25,28H,9-11,14-16,18-21H2,1-8H3;(H,3,4)(H,5,6). The molecule has 2 fully saturated rings. The second-order valence-corrected chi connectivity index (χ2v) is 14.0. The molecule has 0 bridgehead atoms. The Kier molecular flexibility index (Phi) is 14.8. The van der Waals surface area contributed by atoms with Crippen molar-refractivity contribution in [2.24, 2.45) is 11.3 Å². The number of anilines is 1. The van der Waals surface area contributed by atoms with Crippen molar-refractivity contribution in [1.29, 1.82) is 0 Å². The first kappa shape index (κ1) is 40.5. The van der Waals surface area contributed by atoms with E-state index in [0.717, 1.165) is 45.7 Å². The number of benzene rings is 1. The fraction of sp³-hybridized carbons (Fsp3) is 0.657. The molecule has 4 rings (SSSR count). The number of likely N-dealkylation sites (N-methyl/N-ethyl adjacent to an activating group) is 1. The summed E-state index contributed by atoms with van der Waals surface area (Å²) in [4.78, 5) is 45.0. The molecule has 50 heavy (non-hydrogen) atoms. The lowest BCUT2D eigenvalue weighted by Crippen LogP contribution is -2.62. The number of methoxy groups -OCH3 is 1. The number of aromatic nitrogens is 3. The number of hydrogen-bond acceptors (Lipinski definition) is 11. The largest absolute Gasteiger partial charge is 0.473 e. The van der Waals surface area contributed by atoms with Crippen LogP contribution in [0.1, 0.15) is 71.2 Å². The normalized spacial score (nSPS) is 16.6. The average Bonchev–Trinajstić information content (AvgIpc) is 3.49. The number of rotatable bonds is 15. The molecular weight excluding hydrogens is 649 g/mol. The van der Waals surface area contributed by atoms with Crippen molar-refractivity contribution in [2.75, 3.05) is 64.9 Å². The molecule has 2 unspecified atom stereocenters. The van der Waals surface area contributed by atoms with Gasteiger partial charge in [-0.25, -0.2) is 19.0 Å². The Bertz CT molecular complexity index is 1430. The van der Waals surface area contributed by atoms with E-state index in [0.29, 0.717) is 24.3 Å². The molecule has 0 aliphatic carbocycles. The van der Waals surface area contributed by atoms with Crippen molar-refractivity contribution in [2.45, 2.75) is 79.0 Å². The van der Waals surface area contributed by atoms with E-state index in [1.807, 2.05) is 20.8 Å². The first-order valence-electron chi connectivity index (χ1n) is 17.2. The van der Waals surface area contributed by atoms with E-state index in [1.54, 1.807) is 12.0 Å². The number of amides is 1. The molecule has 15 heteroatoms. The molecule has 0 saturated carbocycles. The molecule has 278 valence electrons. The lowest BCUT2D eigenvalue weighted by molar-refractivity contribution is -0.159. The first-order valence-corrected chi connectivity index (χ1v) is 17.2. The molecule has 14 nitrogen and oxygen atoms in total. The summed E-state index contributed by atoms with van der Waals surface area (Å²) in [7, 11) is 3.94. The van der Waals surface area contributed by atoms with Gasteiger partial charge in [-0.2, -0.15) is 0 Å². The number of aliphatic carboxylic acids is 2. The number of likely N-dealkylation sites (tertiary alicyclic amines) is 1. The Morgan fingerprint density at radius 2 is 1.76 bits per heavy atom. The van der Waals surface area contributed by atoms with E-state index in [-0.39, 0.29) is 40.7 Å². The molecule has 0 radical (unpaired) electrons. The first-order chi connectivity index (χ1) is 23.6. The number of carbonyl (C=O) groups excluding carboxylic acids is 1. The Labute approximate surface area is 294 Å². The van der Waals surface area contributed by atoms with Crippen molar-refractivity contribution in [3.63, 3.8) is 0 Å². The average molecular weight is 704 g/mol. The number of hydrogen-bond donors (Lipinski definition) is 2. The minimum atomic E-state index is -1.82. The van der Waals surface area contributed by atoms with Gasteiger partial charge in [0.05, 0.1) is 11.7 Å². The maximum atomic E-state index is 14.3. The highest BCUT2D eigenvalue weighted by atomic mass is 19.1. The van der Waals surface area contributed by atoms with Crippen molar-refractivity contribution < 1.29 is 38.5 Å². The van der Waals surface area contributed by atoms with E-state index in [4.69, 9.17) is 29.3 Å². The summed E-state index contributed by atoms with van der Waals surface area (Å²) in [6, 6.07) is 4.51. The number of carboxylic acids is 2. The van der Waals surface area contributed by atoms with E-state index in [1.165, 1.54) is 37.4 Å². The van der Waals surface area contributed by atoms with Crippen LogP contribution in [0.5, 0.6) is 11.6 Å². The van der Waals surface area contributed by atoms with Gasteiger partial charge in [0.2, 0.25) is 0 Å². The maximum Gasteiger partial charge on any atom is 0.414 e. The molecule has 3 heterocycles. The van der Waals surface area contributed by atoms with Crippen LogP contribution in [0, 0.1) is 17.2 Å². The molecule has 1 aromatic heterocycles.